The number of amides is 1. The molecule has 9 heteroatoms. The highest BCUT2D eigenvalue weighted by molar-refractivity contribution is 6.00. The van der Waals surface area contributed by atoms with Crippen LogP contribution in [-0.2, 0) is 13.6 Å². The van der Waals surface area contributed by atoms with Crippen molar-refractivity contribution < 1.29 is 13.9 Å². The fourth-order valence-corrected chi connectivity index (χ4v) is 7.35. The average molecular weight is 579 g/mol. The van der Waals surface area contributed by atoms with Gasteiger partial charge in [-0.3, -0.25) is 4.79 Å². The fourth-order valence-electron chi connectivity index (χ4n) is 7.35. The van der Waals surface area contributed by atoms with Crippen molar-refractivity contribution in [3.8, 4) is 28.4 Å². The first-order valence-electron chi connectivity index (χ1n) is 15.1. The first-order chi connectivity index (χ1) is 20.8. The van der Waals surface area contributed by atoms with E-state index >= 15 is 0 Å². The zero-order valence-corrected chi connectivity index (χ0v) is 24.4. The monoisotopic (exact) mass is 578 g/mol. The SMILES string of the molecule is COc1cc(C(=O)N2CC3CCC2[C@@H]3N)cc2nc(-c3cc4ccc(-c5ccc(N)c(F)c5)cc4n3CC3CC3)n(C)c12. The van der Waals surface area contributed by atoms with E-state index in [1.54, 1.807) is 13.2 Å². The lowest BCUT2D eigenvalue weighted by molar-refractivity contribution is 0.0700. The molecular weight excluding hydrogens is 543 g/mol. The number of anilines is 1. The van der Waals surface area contributed by atoms with Gasteiger partial charge in [-0.1, -0.05) is 18.2 Å². The molecule has 1 amide bonds. The van der Waals surface area contributed by atoms with Gasteiger partial charge in [0.25, 0.3) is 5.91 Å². The Hall–Kier alpha value is -4.37. The highest BCUT2D eigenvalue weighted by Gasteiger charge is 2.47. The van der Waals surface area contributed by atoms with Crippen molar-refractivity contribution in [3.63, 3.8) is 0 Å². The van der Waals surface area contributed by atoms with Gasteiger partial charge in [-0.05, 0) is 85.0 Å². The molecule has 220 valence electrons. The molecule has 2 aliphatic carbocycles. The van der Waals surface area contributed by atoms with E-state index in [4.69, 9.17) is 21.2 Å². The van der Waals surface area contributed by atoms with Crippen LogP contribution < -0.4 is 16.2 Å². The number of carbonyl (C=O) groups is 1. The Morgan fingerprint density at radius 3 is 2.53 bits per heavy atom. The number of imidazole rings is 1. The summed E-state index contributed by atoms with van der Waals surface area (Å²) in [5, 5.41) is 1.09. The van der Waals surface area contributed by atoms with E-state index in [2.05, 4.69) is 27.3 Å². The molecule has 43 heavy (non-hydrogen) atoms. The largest absolute Gasteiger partial charge is 0.494 e. The number of piperidine rings is 1. The molecular formula is C34H35FN6O2. The molecule has 2 bridgehead atoms. The number of halogens is 1. The van der Waals surface area contributed by atoms with Gasteiger partial charge in [0.2, 0.25) is 0 Å². The summed E-state index contributed by atoms with van der Waals surface area (Å²) in [4.78, 5) is 20.7. The van der Waals surface area contributed by atoms with Gasteiger partial charge in [0.15, 0.2) is 5.82 Å². The smallest absolute Gasteiger partial charge is 0.254 e. The van der Waals surface area contributed by atoms with Crippen LogP contribution in [0.3, 0.4) is 0 Å². The van der Waals surface area contributed by atoms with Crippen molar-refractivity contribution in [2.24, 2.45) is 24.6 Å². The lowest BCUT2D eigenvalue weighted by Gasteiger charge is -2.27. The molecule has 3 fully saturated rings. The molecule has 3 aliphatic rings. The average Bonchev–Trinajstić information content (AvgIpc) is 3.42. The molecule has 2 unspecified atom stereocenters. The zero-order chi connectivity index (χ0) is 29.6. The second-order valence-electron chi connectivity index (χ2n) is 12.6. The summed E-state index contributed by atoms with van der Waals surface area (Å²) >= 11 is 0. The van der Waals surface area contributed by atoms with E-state index in [0.717, 1.165) is 64.0 Å². The van der Waals surface area contributed by atoms with Gasteiger partial charge in [0.1, 0.15) is 17.1 Å². The minimum Gasteiger partial charge on any atom is -0.494 e. The van der Waals surface area contributed by atoms with Crippen LogP contribution in [-0.4, -0.2) is 50.7 Å². The van der Waals surface area contributed by atoms with Gasteiger partial charge in [0, 0.05) is 48.7 Å². The van der Waals surface area contributed by atoms with Crippen molar-refractivity contribution >= 4 is 33.5 Å². The van der Waals surface area contributed by atoms with Crippen LogP contribution >= 0.6 is 0 Å². The minimum absolute atomic E-state index is 0.00969. The van der Waals surface area contributed by atoms with Crippen LogP contribution in [0.2, 0.25) is 0 Å². The number of rotatable bonds is 6. The number of carbonyl (C=O) groups excluding carboxylic acids is 1. The summed E-state index contributed by atoms with van der Waals surface area (Å²) in [5.74, 6) is 1.99. The van der Waals surface area contributed by atoms with Gasteiger partial charge in [0.05, 0.1) is 24.0 Å². The van der Waals surface area contributed by atoms with Crippen LogP contribution in [0.1, 0.15) is 36.0 Å². The molecule has 1 aliphatic heterocycles. The Balaban J connectivity index is 1.24. The molecule has 2 saturated carbocycles. The van der Waals surface area contributed by atoms with Gasteiger partial charge in [-0.15, -0.1) is 0 Å². The summed E-state index contributed by atoms with van der Waals surface area (Å²) in [5.41, 5.74) is 18.2. The van der Waals surface area contributed by atoms with Gasteiger partial charge < -0.3 is 30.2 Å². The van der Waals surface area contributed by atoms with E-state index in [-0.39, 0.29) is 23.7 Å². The molecule has 0 radical (unpaired) electrons. The van der Waals surface area contributed by atoms with E-state index < -0.39 is 5.82 Å². The van der Waals surface area contributed by atoms with E-state index in [0.29, 0.717) is 29.7 Å². The standard InChI is InChI=1S/C34H35FN6O2/c1-39-32-26(12-23(15-30(32)43-2)34(42)41-17-22-8-10-27(41)31(22)37)38-33(39)29-14-21-6-5-20(19-7-9-25(36)24(35)11-19)13-28(21)40(29)16-18-3-4-18/h5-7,9,11-15,18,22,27,31H,3-4,8,10,16-17,36-37H2,1-2H3/t22?,27?,31-/m1/s1. The quantitative estimate of drug-likeness (QED) is 0.257. The summed E-state index contributed by atoms with van der Waals surface area (Å²) in [6, 6.07) is 17.2. The molecule has 2 aromatic heterocycles. The lowest BCUT2D eigenvalue weighted by Crippen LogP contribution is -2.41. The predicted octanol–water partition coefficient (Wildman–Crippen LogP) is 5.56. The van der Waals surface area contributed by atoms with Crippen molar-refractivity contribution in [1.82, 2.24) is 19.0 Å². The van der Waals surface area contributed by atoms with Crippen molar-refractivity contribution in [2.45, 2.75) is 44.3 Å². The maximum absolute atomic E-state index is 14.3. The molecule has 0 spiro atoms. The van der Waals surface area contributed by atoms with Crippen LogP contribution in [0, 0.1) is 17.7 Å². The van der Waals surface area contributed by atoms with Gasteiger partial charge in [-0.25, -0.2) is 9.37 Å². The fraction of sp³-hybridized carbons (Fsp3) is 0.353. The first kappa shape index (κ1) is 26.3. The molecule has 3 heterocycles. The molecule has 4 N–H and O–H groups in total. The van der Waals surface area contributed by atoms with Gasteiger partial charge >= 0.3 is 0 Å². The number of benzene rings is 3. The number of likely N-dealkylation sites (tertiary alicyclic amines) is 1. The van der Waals surface area contributed by atoms with Crippen LogP contribution in [0.4, 0.5) is 10.1 Å². The Labute approximate surface area is 249 Å². The number of fused-ring (bicyclic) bond motifs is 4. The number of ether oxygens (including phenoxy) is 1. The topological polar surface area (TPSA) is 104 Å². The second-order valence-corrected chi connectivity index (χ2v) is 12.6. The first-order valence-corrected chi connectivity index (χ1v) is 15.1. The molecule has 3 atom stereocenters. The van der Waals surface area contributed by atoms with Crippen LogP contribution in [0.5, 0.6) is 5.75 Å². The number of aryl methyl sites for hydroxylation is 1. The van der Waals surface area contributed by atoms with Crippen molar-refractivity contribution in [2.75, 3.05) is 19.4 Å². The Morgan fingerprint density at radius 2 is 1.84 bits per heavy atom. The number of hydrogen-bond donors (Lipinski definition) is 2. The van der Waals surface area contributed by atoms with E-state index in [9.17, 15) is 9.18 Å². The summed E-state index contributed by atoms with van der Waals surface area (Å²) < 4.78 is 24.6. The number of nitrogen functional groups attached to an aromatic ring is 1. The molecule has 5 aromatic rings. The number of nitrogens with two attached hydrogens (primary N) is 2. The number of hydrogen-bond acceptors (Lipinski definition) is 5. The highest BCUT2D eigenvalue weighted by atomic mass is 19.1. The predicted molar refractivity (Wildman–Crippen MR) is 166 cm³/mol. The van der Waals surface area contributed by atoms with Gasteiger partial charge in [-0.2, -0.15) is 0 Å². The molecule has 1 saturated heterocycles. The second kappa shape index (κ2) is 9.57. The van der Waals surface area contributed by atoms with E-state index in [1.807, 2.05) is 36.2 Å². The third kappa shape index (κ3) is 4.12. The van der Waals surface area contributed by atoms with E-state index in [1.165, 1.54) is 18.9 Å². The molecule has 3 aromatic carbocycles. The molecule has 8 nitrogen and oxygen atoms in total. The zero-order valence-electron chi connectivity index (χ0n) is 24.4. The Morgan fingerprint density at radius 1 is 1.05 bits per heavy atom. The number of nitrogens with zero attached hydrogens (tertiary/aromatic N) is 4. The maximum Gasteiger partial charge on any atom is 0.254 e. The van der Waals surface area contributed by atoms with Crippen LogP contribution in [0.15, 0.2) is 54.6 Å². The Bertz CT molecular complexity index is 1940. The lowest BCUT2D eigenvalue weighted by atomic mass is 10.0. The number of aromatic nitrogens is 3. The summed E-state index contributed by atoms with van der Waals surface area (Å²) in [6.07, 6.45) is 4.46. The summed E-state index contributed by atoms with van der Waals surface area (Å²) in [7, 11) is 3.63. The molecule has 8 rings (SSSR count). The normalized spacial score (nSPS) is 21.4. The van der Waals surface area contributed by atoms with Crippen LogP contribution in [0.25, 0.3) is 44.6 Å². The number of methoxy groups -OCH3 is 1. The summed E-state index contributed by atoms with van der Waals surface area (Å²) in [6.45, 7) is 1.59. The third-order valence-corrected chi connectivity index (χ3v) is 9.92. The maximum atomic E-state index is 14.3. The van der Waals surface area contributed by atoms with Crippen molar-refractivity contribution in [1.29, 1.82) is 0 Å². The third-order valence-electron chi connectivity index (χ3n) is 9.92. The minimum atomic E-state index is -0.418. The highest BCUT2D eigenvalue weighted by Crippen LogP contribution is 2.41. The van der Waals surface area contributed by atoms with Crippen molar-refractivity contribution in [3.05, 3.63) is 66.0 Å². The Kier molecular flexibility index (Phi) is 5.85.